The van der Waals surface area contributed by atoms with Gasteiger partial charge in [-0.1, -0.05) is 24.8 Å². The maximum absolute atomic E-state index is 5.93. The smallest absolute Gasteiger partial charge is 0.158 e. The Morgan fingerprint density at radius 1 is 1.35 bits per heavy atom. The zero-order chi connectivity index (χ0) is 14.0. The van der Waals surface area contributed by atoms with Crippen LogP contribution in [0.4, 0.5) is 5.69 Å². The summed E-state index contributed by atoms with van der Waals surface area (Å²) < 4.78 is 11.3. The van der Waals surface area contributed by atoms with Gasteiger partial charge in [-0.2, -0.15) is 0 Å². The molecule has 1 aromatic rings. The Morgan fingerprint density at radius 3 is 2.90 bits per heavy atom. The molecule has 0 saturated carbocycles. The van der Waals surface area contributed by atoms with Gasteiger partial charge in [-0.05, 0) is 25.0 Å². The highest BCUT2D eigenvalue weighted by Gasteiger charge is 2.34. The summed E-state index contributed by atoms with van der Waals surface area (Å²) in [6, 6.07) is 6.21. The van der Waals surface area contributed by atoms with Gasteiger partial charge in [-0.25, -0.2) is 0 Å². The van der Waals surface area contributed by atoms with Gasteiger partial charge in [0.25, 0.3) is 0 Å². The van der Waals surface area contributed by atoms with Gasteiger partial charge in [-0.15, -0.1) is 0 Å². The third kappa shape index (κ3) is 2.36. The molecule has 0 aromatic heterocycles. The minimum absolute atomic E-state index is 0.0549. The van der Waals surface area contributed by atoms with Crippen molar-refractivity contribution in [2.45, 2.75) is 19.8 Å². The highest BCUT2D eigenvalue weighted by atomic mass is 16.5. The summed E-state index contributed by atoms with van der Waals surface area (Å²) >= 11 is 0. The summed E-state index contributed by atoms with van der Waals surface area (Å²) in [6.07, 6.45) is 2.08. The first-order valence-electron chi connectivity index (χ1n) is 7.32. The monoisotopic (exact) mass is 271 g/mol. The van der Waals surface area contributed by atoms with Crippen LogP contribution >= 0.6 is 0 Å². The molecule has 3 nitrogen and oxygen atoms in total. The molecule has 0 N–H and O–H groups in total. The predicted octanol–water partition coefficient (Wildman–Crippen LogP) is 2.68. The second kappa shape index (κ2) is 5.38. The van der Waals surface area contributed by atoms with Gasteiger partial charge in [0.1, 0.15) is 0 Å². The molecule has 1 aromatic carbocycles. The van der Waals surface area contributed by atoms with Gasteiger partial charge in [0.05, 0.1) is 36.5 Å². The van der Waals surface area contributed by atoms with E-state index in [9.17, 15) is 0 Å². The number of nitrogens with zero attached hydrogens (tertiary/aromatic N) is 1. The van der Waals surface area contributed by atoms with E-state index in [0.717, 1.165) is 56.2 Å². The molecule has 0 radical (unpaired) electrons. The van der Waals surface area contributed by atoms with Crippen molar-refractivity contribution >= 4 is 5.69 Å². The number of hydrogen-bond acceptors (Lipinski definition) is 3. The van der Waals surface area contributed by atoms with Crippen molar-refractivity contribution in [2.24, 2.45) is 5.41 Å². The number of benzene rings is 1. The normalized spacial score (nSPS) is 19.8. The second-order valence-corrected chi connectivity index (χ2v) is 5.65. The van der Waals surface area contributed by atoms with Gasteiger partial charge in [0, 0.05) is 13.6 Å². The Balaban J connectivity index is 1.95. The minimum atomic E-state index is 0.0549. The standard InChI is InChI=1S/C17H21NO2/c1-3-17(12-19-13-17)9-8-14-6-4-7-15-16(14)20-11-5-10-18(15)2/h4,6-7H,3,5,10-13H2,1-2H3. The molecule has 0 atom stereocenters. The number of ether oxygens (including phenoxy) is 2. The van der Waals surface area contributed by atoms with Gasteiger partial charge in [0.15, 0.2) is 5.75 Å². The molecule has 0 unspecified atom stereocenters. The average molecular weight is 271 g/mol. The van der Waals surface area contributed by atoms with Crippen molar-refractivity contribution in [3.8, 4) is 17.6 Å². The third-order valence-electron chi connectivity index (χ3n) is 4.19. The van der Waals surface area contributed by atoms with Crippen LogP contribution in [0.2, 0.25) is 0 Å². The molecule has 3 heteroatoms. The fourth-order valence-electron chi connectivity index (χ4n) is 2.59. The predicted molar refractivity (Wildman–Crippen MR) is 80.2 cm³/mol. The molecule has 3 rings (SSSR count). The van der Waals surface area contributed by atoms with Crippen LogP contribution in [-0.2, 0) is 4.74 Å². The van der Waals surface area contributed by atoms with Crippen molar-refractivity contribution in [1.29, 1.82) is 0 Å². The van der Waals surface area contributed by atoms with Gasteiger partial charge in [-0.3, -0.25) is 0 Å². The fourth-order valence-corrected chi connectivity index (χ4v) is 2.59. The van der Waals surface area contributed by atoms with Crippen molar-refractivity contribution < 1.29 is 9.47 Å². The second-order valence-electron chi connectivity index (χ2n) is 5.65. The summed E-state index contributed by atoms with van der Waals surface area (Å²) in [5, 5.41) is 0. The maximum Gasteiger partial charge on any atom is 0.158 e. The molecule has 106 valence electrons. The van der Waals surface area contributed by atoms with E-state index < -0.39 is 0 Å². The largest absolute Gasteiger partial charge is 0.490 e. The third-order valence-corrected chi connectivity index (χ3v) is 4.19. The molecule has 0 bridgehead atoms. The van der Waals surface area contributed by atoms with Crippen LogP contribution in [0.1, 0.15) is 25.3 Å². The Bertz CT molecular complexity index is 546. The fraction of sp³-hybridized carbons (Fsp3) is 0.529. The Hall–Kier alpha value is -1.66. The zero-order valence-electron chi connectivity index (χ0n) is 12.2. The molecule has 2 aliphatic rings. The number of anilines is 1. The molecule has 1 saturated heterocycles. The SMILES string of the molecule is CCC1(C#Cc2cccc3c2OCCCN3C)COC1. The molecule has 0 spiro atoms. The van der Waals surface area contributed by atoms with Crippen LogP contribution in [-0.4, -0.2) is 33.4 Å². The van der Waals surface area contributed by atoms with E-state index >= 15 is 0 Å². The highest BCUT2D eigenvalue weighted by Crippen LogP contribution is 2.34. The van der Waals surface area contributed by atoms with E-state index in [4.69, 9.17) is 9.47 Å². The molecular weight excluding hydrogens is 250 g/mol. The van der Waals surface area contributed by atoms with E-state index in [0.29, 0.717) is 0 Å². The van der Waals surface area contributed by atoms with E-state index in [1.165, 1.54) is 0 Å². The molecule has 2 heterocycles. The molecule has 20 heavy (non-hydrogen) atoms. The summed E-state index contributed by atoms with van der Waals surface area (Å²) in [7, 11) is 2.11. The molecule has 1 fully saturated rings. The zero-order valence-corrected chi connectivity index (χ0v) is 12.2. The van der Waals surface area contributed by atoms with Crippen molar-refractivity contribution in [1.82, 2.24) is 0 Å². The first-order chi connectivity index (χ1) is 9.74. The van der Waals surface area contributed by atoms with Gasteiger partial charge >= 0.3 is 0 Å². The molecule has 2 aliphatic heterocycles. The van der Waals surface area contributed by atoms with Crippen LogP contribution in [0.15, 0.2) is 18.2 Å². The van der Waals surface area contributed by atoms with Gasteiger partial charge in [0.2, 0.25) is 0 Å². The van der Waals surface area contributed by atoms with Gasteiger partial charge < -0.3 is 14.4 Å². The van der Waals surface area contributed by atoms with E-state index in [1.54, 1.807) is 0 Å². The van der Waals surface area contributed by atoms with Crippen molar-refractivity contribution in [3.05, 3.63) is 23.8 Å². The topological polar surface area (TPSA) is 21.7 Å². The van der Waals surface area contributed by atoms with Crippen molar-refractivity contribution in [2.75, 3.05) is 38.3 Å². The highest BCUT2D eigenvalue weighted by molar-refractivity contribution is 5.66. The van der Waals surface area contributed by atoms with Crippen molar-refractivity contribution in [3.63, 3.8) is 0 Å². The lowest BCUT2D eigenvalue weighted by molar-refractivity contribution is -0.0775. The first-order valence-corrected chi connectivity index (χ1v) is 7.32. The number of rotatable bonds is 1. The quantitative estimate of drug-likeness (QED) is 0.733. The average Bonchev–Trinajstić information content (AvgIpc) is 2.61. The Kier molecular flexibility index (Phi) is 3.58. The Morgan fingerprint density at radius 2 is 2.20 bits per heavy atom. The van der Waals surface area contributed by atoms with Crippen LogP contribution < -0.4 is 9.64 Å². The van der Waals surface area contributed by atoms with Crippen LogP contribution in [0, 0.1) is 17.3 Å². The Labute approximate surface area is 120 Å². The molecule has 0 aliphatic carbocycles. The summed E-state index contributed by atoms with van der Waals surface area (Å²) in [6.45, 7) is 5.47. The molecule has 0 amide bonds. The van der Waals surface area contributed by atoms with E-state index in [-0.39, 0.29) is 5.41 Å². The number of para-hydroxylation sites is 1. The summed E-state index contributed by atoms with van der Waals surface area (Å²) in [4.78, 5) is 2.25. The van der Waals surface area contributed by atoms with Crippen LogP contribution in [0.3, 0.4) is 0 Å². The van der Waals surface area contributed by atoms with E-state index in [2.05, 4.69) is 42.8 Å². The summed E-state index contributed by atoms with van der Waals surface area (Å²) in [5.41, 5.74) is 2.19. The van der Waals surface area contributed by atoms with Crippen LogP contribution in [0.25, 0.3) is 0 Å². The lowest BCUT2D eigenvalue weighted by Crippen LogP contribution is -2.40. The molecular formula is C17H21NO2. The summed E-state index contributed by atoms with van der Waals surface area (Å²) in [5.74, 6) is 7.68. The van der Waals surface area contributed by atoms with Crippen LogP contribution in [0.5, 0.6) is 5.75 Å². The maximum atomic E-state index is 5.93. The lowest BCUT2D eigenvalue weighted by atomic mass is 9.84. The first kappa shape index (κ1) is 13.3. The lowest BCUT2D eigenvalue weighted by Gasteiger charge is -2.35. The number of fused-ring (bicyclic) bond motifs is 1. The van der Waals surface area contributed by atoms with E-state index in [1.807, 2.05) is 6.07 Å². The number of hydrogen-bond donors (Lipinski definition) is 0. The minimum Gasteiger partial charge on any atom is -0.490 e.